The third-order valence-corrected chi connectivity index (χ3v) is 6.17. The molecule has 0 saturated heterocycles. The number of hydrogen-bond donors (Lipinski definition) is 1. The zero-order chi connectivity index (χ0) is 21.7. The van der Waals surface area contributed by atoms with Crippen LogP contribution in [-0.2, 0) is 10.0 Å². The lowest BCUT2D eigenvalue weighted by Crippen LogP contribution is -2.15. The molecule has 2 aromatic carbocycles. The lowest BCUT2D eigenvalue weighted by molar-refractivity contribution is 0.268. The Morgan fingerprint density at radius 2 is 1.83 bits per heavy atom. The first-order valence-electron chi connectivity index (χ1n) is 9.19. The zero-order valence-electron chi connectivity index (χ0n) is 16.9. The Balaban J connectivity index is 1.90. The van der Waals surface area contributed by atoms with E-state index < -0.39 is 10.0 Å². The van der Waals surface area contributed by atoms with Gasteiger partial charge in [0.2, 0.25) is 0 Å². The van der Waals surface area contributed by atoms with Crippen molar-refractivity contribution in [2.75, 3.05) is 39.1 Å². The van der Waals surface area contributed by atoms with E-state index in [1.807, 2.05) is 14.1 Å². The zero-order valence-corrected chi connectivity index (χ0v) is 19.3. The summed E-state index contributed by atoms with van der Waals surface area (Å²) in [5.74, 6) is 1.19. The molecule has 160 valence electrons. The summed E-state index contributed by atoms with van der Waals surface area (Å²) in [5.41, 5.74) is 0.543. The van der Waals surface area contributed by atoms with E-state index in [1.165, 1.54) is 25.6 Å². The average molecular weight is 495 g/mol. The predicted molar refractivity (Wildman–Crippen MR) is 120 cm³/mol. The van der Waals surface area contributed by atoms with Gasteiger partial charge in [0.15, 0.2) is 17.3 Å². The van der Waals surface area contributed by atoms with Gasteiger partial charge in [-0.2, -0.15) is 0 Å². The number of sulfonamides is 1. The average Bonchev–Trinajstić information content (AvgIpc) is 2.71. The molecule has 0 aliphatic heterocycles. The summed E-state index contributed by atoms with van der Waals surface area (Å²) in [4.78, 5) is 10.6. The van der Waals surface area contributed by atoms with Crippen molar-refractivity contribution in [1.29, 1.82) is 0 Å². The maximum Gasteiger partial charge on any atom is 0.263 e. The van der Waals surface area contributed by atoms with Gasteiger partial charge in [-0.1, -0.05) is 15.9 Å². The quantitative estimate of drug-likeness (QED) is 0.454. The largest absolute Gasteiger partial charge is 0.493 e. The van der Waals surface area contributed by atoms with Crippen LogP contribution in [0, 0.1) is 0 Å². The minimum atomic E-state index is -3.81. The number of methoxy groups -OCH3 is 1. The topological polar surface area (TPSA) is 93.6 Å². The summed E-state index contributed by atoms with van der Waals surface area (Å²) in [6.45, 7) is 1.42. The van der Waals surface area contributed by atoms with Crippen molar-refractivity contribution in [3.8, 4) is 11.5 Å². The number of rotatable bonds is 9. The Kier molecular flexibility index (Phi) is 7.11. The van der Waals surface area contributed by atoms with E-state index in [9.17, 15) is 8.42 Å². The van der Waals surface area contributed by atoms with E-state index >= 15 is 0 Å². The van der Waals surface area contributed by atoms with Gasteiger partial charge >= 0.3 is 0 Å². The molecule has 0 spiro atoms. The Hall–Kier alpha value is -2.43. The molecule has 1 N–H and O–H groups in total. The van der Waals surface area contributed by atoms with Crippen molar-refractivity contribution in [3.63, 3.8) is 0 Å². The number of nitrogens with zero attached hydrogens (tertiary/aromatic N) is 3. The van der Waals surface area contributed by atoms with Gasteiger partial charge in [0.25, 0.3) is 10.0 Å². The number of halogens is 1. The second kappa shape index (κ2) is 9.59. The van der Waals surface area contributed by atoms with Gasteiger partial charge in [0.05, 0.1) is 24.1 Å². The van der Waals surface area contributed by atoms with Crippen molar-refractivity contribution in [2.24, 2.45) is 0 Å². The maximum absolute atomic E-state index is 12.8. The van der Waals surface area contributed by atoms with Gasteiger partial charge in [0, 0.05) is 22.5 Å². The summed E-state index contributed by atoms with van der Waals surface area (Å²) in [6.07, 6.45) is 2.17. The fourth-order valence-electron chi connectivity index (χ4n) is 2.78. The molecule has 0 radical (unpaired) electrons. The van der Waals surface area contributed by atoms with Crippen molar-refractivity contribution in [3.05, 3.63) is 47.2 Å². The van der Waals surface area contributed by atoms with Crippen molar-refractivity contribution >= 4 is 42.7 Å². The molecular formula is C20H23BrN4O4S. The van der Waals surface area contributed by atoms with Gasteiger partial charge in [-0.05, 0) is 50.8 Å². The fraction of sp³-hybridized carbons (Fsp3) is 0.300. The number of fused-ring (bicyclic) bond motifs is 1. The lowest BCUT2D eigenvalue weighted by Gasteiger charge is -2.15. The van der Waals surface area contributed by atoms with Crippen molar-refractivity contribution in [2.45, 2.75) is 11.3 Å². The molecule has 0 atom stereocenters. The lowest BCUT2D eigenvalue weighted by atomic mass is 10.2. The Labute approximate surface area is 184 Å². The van der Waals surface area contributed by atoms with Crippen LogP contribution < -0.4 is 14.2 Å². The van der Waals surface area contributed by atoms with Crippen molar-refractivity contribution in [1.82, 2.24) is 14.9 Å². The van der Waals surface area contributed by atoms with Gasteiger partial charge in [-0.25, -0.2) is 18.4 Å². The van der Waals surface area contributed by atoms with Gasteiger partial charge in [0.1, 0.15) is 6.33 Å². The van der Waals surface area contributed by atoms with Crippen LogP contribution in [0.25, 0.3) is 10.9 Å². The van der Waals surface area contributed by atoms with Crippen LogP contribution >= 0.6 is 15.9 Å². The maximum atomic E-state index is 12.8. The minimum absolute atomic E-state index is 0.130. The molecule has 0 amide bonds. The smallest absolute Gasteiger partial charge is 0.263 e. The van der Waals surface area contributed by atoms with Crippen LogP contribution in [0.5, 0.6) is 11.5 Å². The molecule has 0 aliphatic carbocycles. The van der Waals surface area contributed by atoms with Crippen LogP contribution in [0.15, 0.2) is 52.1 Å². The fourth-order valence-corrected chi connectivity index (χ4v) is 4.07. The molecule has 8 nitrogen and oxygen atoms in total. The first-order valence-corrected chi connectivity index (χ1v) is 11.5. The third-order valence-electron chi connectivity index (χ3n) is 4.28. The number of anilines is 1. The van der Waals surface area contributed by atoms with E-state index in [0.717, 1.165) is 17.4 Å². The van der Waals surface area contributed by atoms with E-state index in [1.54, 1.807) is 24.3 Å². The first-order chi connectivity index (χ1) is 14.3. The molecule has 30 heavy (non-hydrogen) atoms. The Morgan fingerprint density at radius 1 is 1.10 bits per heavy atom. The molecule has 0 aliphatic rings. The molecular weight excluding hydrogens is 472 g/mol. The first kappa shape index (κ1) is 22.3. The van der Waals surface area contributed by atoms with Crippen LogP contribution in [0.3, 0.4) is 0 Å². The second-order valence-corrected chi connectivity index (χ2v) is 9.41. The van der Waals surface area contributed by atoms with Crippen molar-refractivity contribution < 1.29 is 17.9 Å². The number of aromatic nitrogens is 2. The second-order valence-electron chi connectivity index (χ2n) is 6.81. The normalized spacial score (nSPS) is 11.6. The van der Waals surface area contributed by atoms with Crippen LogP contribution in [-0.4, -0.2) is 57.6 Å². The van der Waals surface area contributed by atoms with Gasteiger partial charge in [-0.15, -0.1) is 0 Å². The van der Waals surface area contributed by atoms with E-state index in [4.69, 9.17) is 9.47 Å². The third kappa shape index (κ3) is 5.38. The number of benzene rings is 2. The van der Waals surface area contributed by atoms with E-state index in [2.05, 4.69) is 35.5 Å². The Bertz CT molecular complexity index is 1120. The molecule has 0 bridgehead atoms. The molecule has 10 heteroatoms. The highest BCUT2D eigenvalue weighted by atomic mass is 79.9. The van der Waals surface area contributed by atoms with Crippen LogP contribution in [0.1, 0.15) is 6.42 Å². The summed E-state index contributed by atoms with van der Waals surface area (Å²) in [7, 11) is 1.72. The predicted octanol–water partition coefficient (Wildman–Crippen LogP) is 3.53. The minimum Gasteiger partial charge on any atom is -0.493 e. The molecule has 1 aromatic heterocycles. The van der Waals surface area contributed by atoms with Gasteiger partial charge in [-0.3, -0.25) is 4.72 Å². The highest BCUT2D eigenvalue weighted by Crippen LogP contribution is 2.34. The monoisotopic (exact) mass is 494 g/mol. The van der Waals surface area contributed by atoms with E-state index in [0.29, 0.717) is 29.0 Å². The summed E-state index contributed by atoms with van der Waals surface area (Å²) in [5, 5.41) is 0.510. The van der Waals surface area contributed by atoms with E-state index in [-0.39, 0.29) is 10.7 Å². The molecule has 0 unspecified atom stereocenters. The summed E-state index contributed by atoms with van der Waals surface area (Å²) < 4.78 is 40.1. The standard InChI is InChI=1S/C20H23BrN4O4S/c1-25(2)9-4-10-29-19-12-17-16(11-18(19)28-3)20(23-13-22-17)24-30(26,27)15-7-5-14(21)6-8-15/h5-8,11-13H,4,9-10H2,1-3H3,(H,22,23,24). The summed E-state index contributed by atoms with van der Waals surface area (Å²) in [6, 6.07) is 9.75. The molecule has 3 rings (SSSR count). The molecule has 1 heterocycles. The Morgan fingerprint density at radius 3 is 2.50 bits per heavy atom. The molecule has 0 saturated carbocycles. The molecule has 0 fully saturated rings. The molecule has 3 aromatic rings. The van der Waals surface area contributed by atoms with Crippen LogP contribution in [0.4, 0.5) is 5.82 Å². The SMILES string of the molecule is COc1cc2c(NS(=O)(=O)c3ccc(Br)cc3)ncnc2cc1OCCCN(C)C. The van der Waals surface area contributed by atoms with Crippen LogP contribution in [0.2, 0.25) is 0 Å². The number of nitrogens with one attached hydrogen (secondary N) is 1. The van der Waals surface area contributed by atoms with Gasteiger partial charge < -0.3 is 14.4 Å². The number of ether oxygens (including phenoxy) is 2. The number of hydrogen-bond acceptors (Lipinski definition) is 7. The summed E-state index contributed by atoms with van der Waals surface area (Å²) >= 11 is 3.30. The highest BCUT2D eigenvalue weighted by molar-refractivity contribution is 9.10. The highest BCUT2D eigenvalue weighted by Gasteiger charge is 2.18.